The van der Waals surface area contributed by atoms with Crippen molar-refractivity contribution in [1.29, 1.82) is 0 Å². The molecule has 1 saturated heterocycles. The molecule has 144 valence electrons. The summed E-state index contributed by atoms with van der Waals surface area (Å²) in [5.74, 6) is -0.838. The summed E-state index contributed by atoms with van der Waals surface area (Å²) in [5, 5.41) is 0. The third kappa shape index (κ3) is 4.55. The molecule has 0 aliphatic carbocycles. The number of anilines is 1. The van der Waals surface area contributed by atoms with Crippen molar-refractivity contribution in [2.24, 2.45) is 11.7 Å². The molecule has 2 rings (SSSR count). The fourth-order valence-corrected chi connectivity index (χ4v) is 4.68. The second-order valence-electron chi connectivity index (χ2n) is 7.08. The third-order valence-electron chi connectivity index (χ3n) is 4.74. The van der Waals surface area contributed by atoms with Gasteiger partial charge in [-0.2, -0.15) is 0 Å². The van der Waals surface area contributed by atoms with Crippen molar-refractivity contribution in [2.45, 2.75) is 39.7 Å². The Labute approximate surface area is 155 Å². The van der Waals surface area contributed by atoms with Gasteiger partial charge in [0.1, 0.15) is 6.04 Å². The first-order chi connectivity index (χ1) is 12.0. The van der Waals surface area contributed by atoms with E-state index < -0.39 is 16.1 Å². The highest BCUT2D eigenvalue weighted by atomic mass is 32.2. The number of likely N-dealkylation sites (tertiary alicyclic amines) is 1. The number of hydrogen-bond donors (Lipinski definition) is 1. The summed E-state index contributed by atoms with van der Waals surface area (Å²) in [5.41, 5.74) is 7.67. The lowest BCUT2D eigenvalue weighted by atomic mass is 9.96. The zero-order valence-electron chi connectivity index (χ0n) is 15.7. The van der Waals surface area contributed by atoms with E-state index in [1.807, 2.05) is 19.9 Å². The predicted octanol–water partition coefficient (Wildman–Crippen LogP) is 1.18. The topological polar surface area (TPSA) is 101 Å². The molecule has 26 heavy (non-hydrogen) atoms. The number of nitrogens with zero attached hydrogens (tertiary/aromatic N) is 2. The molecule has 7 nitrogen and oxygen atoms in total. The van der Waals surface area contributed by atoms with Crippen molar-refractivity contribution in [3.05, 3.63) is 29.3 Å². The molecule has 0 unspecified atom stereocenters. The zero-order chi connectivity index (χ0) is 19.6. The quantitative estimate of drug-likeness (QED) is 0.827. The second-order valence-corrected chi connectivity index (χ2v) is 8.94. The van der Waals surface area contributed by atoms with E-state index in [-0.39, 0.29) is 17.7 Å². The molecule has 1 aliphatic heterocycles. The molecule has 0 spiro atoms. The average molecular weight is 381 g/mol. The Bertz CT molecular complexity index is 778. The monoisotopic (exact) mass is 381 g/mol. The van der Waals surface area contributed by atoms with Gasteiger partial charge >= 0.3 is 0 Å². The number of hydrogen-bond acceptors (Lipinski definition) is 4. The maximum Gasteiger partial charge on any atom is 0.246 e. The lowest BCUT2D eigenvalue weighted by molar-refractivity contribution is -0.135. The molecule has 0 radical (unpaired) electrons. The van der Waals surface area contributed by atoms with Gasteiger partial charge in [0.05, 0.1) is 11.9 Å². The number of rotatable bonds is 5. The fraction of sp³-hybridized carbons (Fsp3) is 0.556. The Morgan fingerprint density at radius 3 is 2.08 bits per heavy atom. The lowest BCUT2D eigenvalue weighted by Gasteiger charge is -2.36. The van der Waals surface area contributed by atoms with Crippen LogP contribution in [0.4, 0.5) is 5.69 Å². The van der Waals surface area contributed by atoms with Gasteiger partial charge in [0.15, 0.2) is 0 Å². The van der Waals surface area contributed by atoms with Gasteiger partial charge in [-0.15, -0.1) is 0 Å². The van der Waals surface area contributed by atoms with Crippen molar-refractivity contribution in [3.8, 4) is 0 Å². The summed E-state index contributed by atoms with van der Waals surface area (Å²) in [7, 11) is -3.65. The molecule has 0 saturated carbocycles. The molecule has 1 aliphatic rings. The Morgan fingerprint density at radius 1 is 1.15 bits per heavy atom. The second kappa shape index (κ2) is 7.65. The van der Waals surface area contributed by atoms with Crippen LogP contribution in [0.15, 0.2) is 18.2 Å². The van der Waals surface area contributed by atoms with Crippen molar-refractivity contribution in [1.82, 2.24) is 4.90 Å². The van der Waals surface area contributed by atoms with E-state index in [9.17, 15) is 18.0 Å². The Morgan fingerprint density at radius 2 is 1.65 bits per heavy atom. The number of benzene rings is 1. The largest absolute Gasteiger partial charge is 0.369 e. The molecule has 1 atom stereocenters. The summed E-state index contributed by atoms with van der Waals surface area (Å²) in [6.45, 7) is 6.18. The number of aryl methyl sites for hydroxylation is 2. The van der Waals surface area contributed by atoms with Crippen molar-refractivity contribution >= 4 is 27.5 Å². The predicted molar refractivity (Wildman–Crippen MR) is 101 cm³/mol. The highest BCUT2D eigenvalue weighted by molar-refractivity contribution is 7.92. The van der Waals surface area contributed by atoms with Crippen LogP contribution in [-0.2, 0) is 19.6 Å². The minimum Gasteiger partial charge on any atom is -0.369 e. The first-order valence-corrected chi connectivity index (χ1v) is 10.5. The van der Waals surface area contributed by atoms with Crippen LogP contribution in [-0.4, -0.2) is 50.5 Å². The Balaban J connectivity index is 2.26. The normalized spacial score (nSPS) is 17.0. The van der Waals surface area contributed by atoms with Crippen LogP contribution >= 0.6 is 0 Å². The molecule has 1 heterocycles. The molecular weight excluding hydrogens is 354 g/mol. The van der Waals surface area contributed by atoms with Crippen molar-refractivity contribution in [3.63, 3.8) is 0 Å². The van der Waals surface area contributed by atoms with Crippen LogP contribution in [0.5, 0.6) is 0 Å². The molecule has 2 N–H and O–H groups in total. The third-order valence-corrected chi connectivity index (χ3v) is 5.98. The van der Waals surface area contributed by atoms with Gasteiger partial charge in [-0.25, -0.2) is 8.42 Å². The number of primary amides is 1. The van der Waals surface area contributed by atoms with Crippen LogP contribution < -0.4 is 10.0 Å². The minimum absolute atomic E-state index is 0.222. The van der Waals surface area contributed by atoms with Crippen molar-refractivity contribution < 1.29 is 18.0 Å². The molecule has 1 aromatic rings. The van der Waals surface area contributed by atoms with E-state index in [4.69, 9.17) is 5.73 Å². The highest BCUT2D eigenvalue weighted by Gasteiger charge is 2.34. The number of carbonyl (C=O) groups is 2. The van der Waals surface area contributed by atoms with Gasteiger partial charge in [0, 0.05) is 19.0 Å². The van der Waals surface area contributed by atoms with Gasteiger partial charge in [-0.1, -0.05) is 6.07 Å². The molecule has 1 aromatic carbocycles. The van der Waals surface area contributed by atoms with Gasteiger partial charge in [-0.05, 0) is 56.9 Å². The molecule has 8 heteroatoms. The van der Waals surface area contributed by atoms with Crippen LogP contribution in [0.1, 0.15) is 30.9 Å². The number of nitrogens with two attached hydrogens (primary N) is 1. The highest BCUT2D eigenvalue weighted by Crippen LogP contribution is 2.26. The molecule has 0 aromatic heterocycles. The van der Waals surface area contributed by atoms with E-state index in [0.717, 1.165) is 17.4 Å². The SMILES string of the molecule is Cc1cc(C)cc(N([C@@H](C)C(=O)N2CCC(C(N)=O)CC2)S(C)(=O)=O)c1. The fourth-order valence-electron chi connectivity index (χ4n) is 3.53. The number of amides is 2. The summed E-state index contributed by atoms with van der Waals surface area (Å²) in [6, 6.07) is 4.61. The first-order valence-electron chi connectivity index (χ1n) is 8.66. The van der Waals surface area contributed by atoms with Crippen LogP contribution in [0.25, 0.3) is 0 Å². The Hall–Kier alpha value is -2.09. The van der Waals surface area contributed by atoms with Crippen LogP contribution in [0, 0.1) is 19.8 Å². The van der Waals surface area contributed by atoms with E-state index >= 15 is 0 Å². The molecular formula is C18H27N3O4S. The average Bonchev–Trinajstić information content (AvgIpc) is 2.52. The van der Waals surface area contributed by atoms with Crippen molar-refractivity contribution in [2.75, 3.05) is 23.7 Å². The summed E-state index contributed by atoms with van der Waals surface area (Å²) < 4.78 is 26.0. The number of sulfonamides is 1. The van der Waals surface area contributed by atoms with Crippen LogP contribution in [0.3, 0.4) is 0 Å². The van der Waals surface area contributed by atoms with Crippen LogP contribution in [0.2, 0.25) is 0 Å². The Kier molecular flexibility index (Phi) is 5.95. The minimum atomic E-state index is -3.65. The van der Waals surface area contributed by atoms with E-state index in [1.54, 1.807) is 24.0 Å². The summed E-state index contributed by atoms with van der Waals surface area (Å²) in [4.78, 5) is 25.8. The maximum atomic E-state index is 12.9. The maximum absolute atomic E-state index is 12.9. The summed E-state index contributed by atoms with van der Waals surface area (Å²) >= 11 is 0. The van der Waals surface area contributed by atoms with Gasteiger partial charge in [0.2, 0.25) is 21.8 Å². The van der Waals surface area contributed by atoms with Gasteiger partial charge in [0.25, 0.3) is 0 Å². The first kappa shape index (κ1) is 20.2. The molecule has 1 fully saturated rings. The zero-order valence-corrected chi connectivity index (χ0v) is 16.5. The molecule has 0 bridgehead atoms. The van der Waals surface area contributed by atoms with Gasteiger partial charge < -0.3 is 10.6 Å². The standard InChI is InChI=1S/C18H27N3O4S/c1-12-9-13(2)11-16(10-12)21(26(4,24)25)14(3)18(23)20-7-5-15(6-8-20)17(19)22/h9-11,14-15H,5-8H2,1-4H3,(H2,19,22)/t14-/m0/s1. The lowest BCUT2D eigenvalue weighted by Crippen LogP contribution is -2.52. The van der Waals surface area contributed by atoms with E-state index in [1.165, 1.54) is 4.31 Å². The van der Waals surface area contributed by atoms with E-state index in [2.05, 4.69) is 0 Å². The summed E-state index contributed by atoms with van der Waals surface area (Å²) in [6.07, 6.45) is 2.13. The number of carbonyl (C=O) groups excluding carboxylic acids is 2. The van der Waals surface area contributed by atoms with Gasteiger partial charge in [-0.3, -0.25) is 13.9 Å². The molecule has 2 amide bonds. The van der Waals surface area contributed by atoms with E-state index in [0.29, 0.717) is 31.6 Å². The smallest absolute Gasteiger partial charge is 0.246 e. The number of piperidine rings is 1.